The van der Waals surface area contributed by atoms with E-state index in [-0.39, 0.29) is 17.2 Å². The van der Waals surface area contributed by atoms with Crippen LogP contribution in [0.5, 0.6) is 5.75 Å². The number of aromatic nitrogens is 1. The number of para-hydroxylation sites is 1. The molecule has 0 aliphatic carbocycles. The first-order chi connectivity index (χ1) is 15.0. The number of nitro benzene ring substituents is 1. The molecule has 4 rings (SSSR count). The van der Waals surface area contributed by atoms with Crippen LogP contribution in [0.4, 0.5) is 5.69 Å². The summed E-state index contributed by atoms with van der Waals surface area (Å²) >= 11 is 1.61. The Morgan fingerprint density at radius 2 is 1.94 bits per heavy atom. The third kappa shape index (κ3) is 4.73. The number of carbonyl (C=O) groups excluding carboxylic acids is 1. The summed E-state index contributed by atoms with van der Waals surface area (Å²) < 4.78 is 5.28. The van der Waals surface area contributed by atoms with E-state index in [0.29, 0.717) is 32.7 Å². The molecule has 0 N–H and O–H groups in total. The fourth-order valence-corrected chi connectivity index (χ4v) is 4.43. The Morgan fingerprint density at radius 3 is 2.68 bits per heavy atom. The highest BCUT2D eigenvalue weighted by Crippen LogP contribution is 2.26. The third-order valence-electron chi connectivity index (χ3n) is 5.27. The number of methoxy groups -OCH3 is 1. The molecule has 0 atom stereocenters. The summed E-state index contributed by atoms with van der Waals surface area (Å²) in [7, 11) is 1.64. The Morgan fingerprint density at radius 1 is 1.16 bits per heavy atom. The van der Waals surface area contributed by atoms with E-state index in [1.807, 2.05) is 29.6 Å². The summed E-state index contributed by atoms with van der Waals surface area (Å²) in [5.74, 6) is 0.507. The number of benzene rings is 2. The van der Waals surface area contributed by atoms with Crippen LogP contribution in [-0.2, 0) is 6.54 Å². The van der Waals surface area contributed by atoms with Gasteiger partial charge in [-0.3, -0.25) is 19.8 Å². The van der Waals surface area contributed by atoms with E-state index in [1.54, 1.807) is 35.5 Å². The molecular formula is C22H22N4O4S. The number of rotatable bonds is 6. The summed E-state index contributed by atoms with van der Waals surface area (Å²) in [4.78, 5) is 32.2. The van der Waals surface area contributed by atoms with Crippen molar-refractivity contribution in [1.82, 2.24) is 14.8 Å². The molecule has 0 saturated carbocycles. The van der Waals surface area contributed by atoms with Crippen molar-refractivity contribution in [2.45, 2.75) is 6.54 Å². The molecule has 1 aliphatic heterocycles. The lowest BCUT2D eigenvalue weighted by Crippen LogP contribution is -2.48. The lowest BCUT2D eigenvalue weighted by atomic mass is 10.1. The van der Waals surface area contributed by atoms with E-state index >= 15 is 0 Å². The maximum atomic E-state index is 12.8. The number of nitrogens with zero attached hydrogens (tertiary/aromatic N) is 4. The van der Waals surface area contributed by atoms with Gasteiger partial charge in [0.2, 0.25) is 0 Å². The van der Waals surface area contributed by atoms with Gasteiger partial charge in [-0.05, 0) is 18.2 Å². The Hall–Kier alpha value is -3.30. The van der Waals surface area contributed by atoms with Crippen molar-refractivity contribution in [2.24, 2.45) is 0 Å². The molecule has 0 spiro atoms. The zero-order chi connectivity index (χ0) is 21.8. The van der Waals surface area contributed by atoms with Crippen LogP contribution in [0.25, 0.3) is 11.3 Å². The summed E-state index contributed by atoms with van der Waals surface area (Å²) in [6.07, 6.45) is 0. The Bertz CT molecular complexity index is 1090. The number of carbonyl (C=O) groups is 1. The summed E-state index contributed by atoms with van der Waals surface area (Å²) in [5.41, 5.74) is 1.93. The van der Waals surface area contributed by atoms with Crippen LogP contribution < -0.4 is 4.74 Å². The molecule has 0 unspecified atom stereocenters. The van der Waals surface area contributed by atoms with Crippen molar-refractivity contribution in [2.75, 3.05) is 33.3 Å². The van der Waals surface area contributed by atoms with E-state index in [9.17, 15) is 14.9 Å². The average Bonchev–Trinajstić information content (AvgIpc) is 3.27. The number of nitro groups is 1. The predicted octanol–water partition coefficient (Wildman–Crippen LogP) is 3.68. The second-order valence-corrected chi connectivity index (χ2v) is 8.14. The number of amides is 1. The monoisotopic (exact) mass is 438 g/mol. The molecule has 9 heteroatoms. The van der Waals surface area contributed by atoms with E-state index in [0.717, 1.165) is 22.0 Å². The largest absolute Gasteiger partial charge is 0.497 e. The lowest BCUT2D eigenvalue weighted by molar-refractivity contribution is -0.385. The first-order valence-electron chi connectivity index (χ1n) is 9.89. The molecule has 160 valence electrons. The van der Waals surface area contributed by atoms with Gasteiger partial charge in [0.15, 0.2) is 0 Å². The highest BCUT2D eigenvalue weighted by Gasteiger charge is 2.27. The van der Waals surface area contributed by atoms with Gasteiger partial charge in [0, 0.05) is 43.2 Å². The normalized spacial score (nSPS) is 14.4. The molecule has 31 heavy (non-hydrogen) atoms. The van der Waals surface area contributed by atoms with Crippen LogP contribution in [0, 0.1) is 10.1 Å². The molecule has 3 aromatic rings. The van der Waals surface area contributed by atoms with Crippen molar-refractivity contribution in [1.29, 1.82) is 0 Å². The molecule has 1 saturated heterocycles. The van der Waals surface area contributed by atoms with Crippen molar-refractivity contribution < 1.29 is 14.5 Å². The Balaban J connectivity index is 1.36. The highest BCUT2D eigenvalue weighted by molar-refractivity contribution is 7.09. The first-order valence-corrected chi connectivity index (χ1v) is 10.8. The zero-order valence-electron chi connectivity index (χ0n) is 17.1. The van der Waals surface area contributed by atoms with Crippen LogP contribution in [0.15, 0.2) is 53.9 Å². The van der Waals surface area contributed by atoms with Crippen molar-refractivity contribution in [3.63, 3.8) is 0 Å². The number of hydrogen-bond acceptors (Lipinski definition) is 7. The Kier molecular flexibility index (Phi) is 6.24. The number of hydrogen-bond donors (Lipinski definition) is 0. The van der Waals surface area contributed by atoms with Gasteiger partial charge >= 0.3 is 0 Å². The smallest absolute Gasteiger partial charge is 0.282 e. The van der Waals surface area contributed by atoms with Crippen LogP contribution in [-0.4, -0.2) is 58.9 Å². The summed E-state index contributed by atoms with van der Waals surface area (Å²) in [6.45, 7) is 3.15. The van der Waals surface area contributed by atoms with Gasteiger partial charge in [0.05, 0.1) is 24.3 Å². The zero-order valence-corrected chi connectivity index (χ0v) is 17.9. The molecular weight excluding hydrogens is 416 g/mol. The third-order valence-corrected chi connectivity index (χ3v) is 6.10. The topological polar surface area (TPSA) is 88.8 Å². The van der Waals surface area contributed by atoms with E-state index in [4.69, 9.17) is 9.72 Å². The number of piperazine rings is 1. The van der Waals surface area contributed by atoms with E-state index < -0.39 is 4.92 Å². The molecule has 1 aliphatic rings. The maximum Gasteiger partial charge on any atom is 0.282 e. The van der Waals surface area contributed by atoms with E-state index in [1.165, 1.54) is 12.1 Å². The molecule has 1 amide bonds. The minimum atomic E-state index is -0.508. The minimum absolute atomic E-state index is 0.142. The maximum absolute atomic E-state index is 12.8. The minimum Gasteiger partial charge on any atom is -0.497 e. The van der Waals surface area contributed by atoms with Gasteiger partial charge in [0.25, 0.3) is 11.6 Å². The van der Waals surface area contributed by atoms with Gasteiger partial charge in [0.1, 0.15) is 16.3 Å². The van der Waals surface area contributed by atoms with Gasteiger partial charge in [-0.1, -0.05) is 24.3 Å². The second kappa shape index (κ2) is 9.23. The summed E-state index contributed by atoms with van der Waals surface area (Å²) in [6, 6.07) is 13.9. The van der Waals surface area contributed by atoms with Crippen LogP contribution >= 0.6 is 11.3 Å². The number of ether oxygens (including phenoxy) is 1. The average molecular weight is 439 g/mol. The molecule has 2 aromatic carbocycles. The van der Waals surface area contributed by atoms with Crippen LogP contribution in [0.3, 0.4) is 0 Å². The molecule has 1 fully saturated rings. The fraction of sp³-hybridized carbons (Fsp3) is 0.273. The van der Waals surface area contributed by atoms with Crippen LogP contribution in [0.1, 0.15) is 15.4 Å². The standard InChI is InChI=1S/C22H22N4O4S/c1-30-17-6-4-5-16(13-17)19-15-31-21(23-19)14-24-9-11-25(12-10-24)22(27)18-7-2-3-8-20(18)26(28)29/h2-8,13,15H,9-12,14H2,1H3. The second-order valence-electron chi connectivity index (χ2n) is 7.20. The van der Waals surface area contributed by atoms with Gasteiger partial charge in [-0.25, -0.2) is 4.98 Å². The Labute approximate surface area is 183 Å². The van der Waals surface area contributed by atoms with Crippen molar-refractivity contribution >= 4 is 22.9 Å². The van der Waals surface area contributed by atoms with Crippen molar-refractivity contribution in [3.8, 4) is 17.0 Å². The van der Waals surface area contributed by atoms with Gasteiger partial charge in [-0.15, -0.1) is 11.3 Å². The van der Waals surface area contributed by atoms with Gasteiger partial charge in [-0.2, -0.15) is 0 Å². The fourth-order valence-electron chi connectivity index (χ4n) is 3.58. The predicted molar refractivity (Wildman–Crippen MR) is 118 cm³/mol. The van der Waals surface area contributed by atoms with Crippen LogP contribution in [0.2, 0.25) is 0 Å². The van der Waals surface area contributed by atoms with Gasteiger partial charge < -0.3 is 9.64 Å². The summed E-state index contributed by atoms with van der Waals surface area (Å²) in [5, 5.41) is 14.3. The lowest BCUT2D eigenvalue weighted by Gasteiger charge is -2.34. The number of thiazole rings is 1. The highest BCUT2D eigenvalue weighted by atomic mass is 32.1. The molecule has 1 aromatic heterocycles. The molecule has 0 bridgehead atoms. The van der Waals surface area contributed by atoms with Crippen molar-refractivity contribution in [3.05, 3.63) is 74.6 Å². The first kappa shape index (κ1) is 21.0. The molecule has 8 nitrogen and oxygen atoms in total. The SMILES string of the molecule is COc1cccc(-c2csc(CN3CCN(C(=O)c4ccccc4[N+](=O)[O-])CC3)n2)c1. The quantitative estimate of drug-likeness (QED) is 0.431. The molecule has 0 radical (unpaired) electrons. The molecule has 2 heterocycles. The van der Waals surface area contributed by atoms with E-state index in [2.05, 4.69) is 4.90 Å².